The lowest BCUT2D eigenvalue weighted by molar-refractivity contribution is 0.572. The molecule has 7 nitrogen and oxygen atoms in total. The normalized spacial score (nSPS) is 10.7. The van der Waals surface area contributed by atoms with E-state index in [4.69, 9.17) is 0 Å². The van der Waals surface area contributed by atoms with Gasteiger partial charge in [-0.05, 0) is 22.9 Å². The molecular weight excluding hydrogens is 290 g/mol. The topological polar surface area (TPSA) is 85.6 Å². The van der Waals surface area contributed by atoms with Crippen LogP contribution in [0.4, 0.5) is 0 Å². The monoisotopic (exact) mass is 299 g/mol. The molecule has 2 rings (SSSR count). The van der Waals surface area contributed by atoms with Crippen molar-refractivity contribution in [1.82, 2.24) is 24.3 Å². The Morgan fingerprint density at radius 1 is 1.47 bits per heavy atom. The summed E-state index contributed by atoms with van der Waals surface area (Å²) in [6, 6.07) is 0. The first-order chi connectivity index (χ1) is 8.13. The van der Waals surface area contributed by atoms with Gasteiger partial charge in [-0.2, -0.15) is 5.10 Å². The molecule has 0 aliphatic carbocycles. The first-order valence-electron chi connectivity index (χ1n) is 4.98. The van der Waals surface area contributed by atoms with E-state index in [1.54, 1.807) is 4.68 Å². The molecule has 0 atom stereocenters. The molecule has 0 amide bonds. The van der Waals surface area contributed by atoms with Crippen LogP contribution in [-0.4, -0.2) is 24.3 Å². The molecule has 0 unspecified atom stereocenters. The predicted octanol–water partition coefficient (Wildman–Crippen LogP) is -0.0412. The molecule has 2 aromatic heterocycles. The minimum Gasteiger partial charge on any atom is -0.313 e. The van der Waals surface area contributed by atoms with Crippen LogP contribution >= 0.6 is 15.9 Å². The van der Waals surface area contributed by atoms with Crippen LogP contribution in [0.1, 0.15) is 12.7 Å². The Kier molecular flexibility index (Phi) is 3.23. The van der Waals surface area contributed by atoms with E-state index in [0.29, 0.717) is 16.8 Å². The first kappa shape index (κ1) is 11.8. The molecule has 17 heavy (non-hydrogen) atoms. The van der Waals surface area contributed by atoms with Crippen molar-refractivity contribution in [3.63, 3.8) is 0 Å². The molecule has 8 heteroatoms. The number of nitrogens with zero attached hydrogens (tertiary/aromatic N) is 4. The van der Waals surface area contributed by atoms with Crippen molar-refractivity contribution in [2.75, 3.05) is 0 Å². The third-order valence-corrected chi connectivity index (χ3v) is 2.88. The van der Waals surface area contributed by atoms with Crippen LogP contribution in [0.25, 0.3) is 0 Å². The molecule has 0 aliphatic heterocycles. The summed E-state index contributed by atoms with van der Waals surface area (Å²) in [6.45, 7) is 2.64. The summed E-state index contributed by atoms with van der Waals surface area (Å²) in [7, 11) is 0. The molecule has 0 fully saturated rings. The summed E-state index contributed by atoms with van der Waals surface area (Å²) in [5, 5.41) is 3.98. The van der Waals surface area contributed by atoms with Crippen molar-refractivity contribution in [3.8, 4) is 0 Å². The zero-order chi connectivity index (χ0) is 12.4. The highest BCUT2D eigenvalue weighted by molar-refractivity contribution is 9.10. The number of aromatic nitrogens is 5. The Morgan fingerprint density at radius 2 is 2.24 bits per heavy atom. The van der Waals surface area contributed by atoms with Gasteiger partial charge in [-0.25, -0.2) is 14.5 Å². The van der Waals surface area contributed by atoms with Gasteiger partial charge in [0.15, 0.2) is 0 Å². The summed E-state index contributed by atoms with van der Waals surface area (Å²) in [5.41, 5.74) is -0.858. The van der Waals surface area contributed by atoms with Gasteiger partial charge in [0.25, 0.3) is 5.56 Å². The molecule has 90 valence electrons. The van der Waals surface area contributed by atoms with Gasteiger partial charge in [0.1, 0.15) is 12.2 Å². The fourth-order valence-electron chi connectivity index (χ4n) is 1.45. The van der Waals surface area contributed by atoms with Gasteiger partial charge in [-0.15, -0.1) is 0 Å². The Balaban J connectivity index is 2.47. The summed E-state index contributed by atoms with van der Waals surface area (Å²) >= 11 is 3.07. The van der Waals surface area contributed by atoms with Gasteiger partial charge >= 0.3 is 5.69 Å². The van der Waals surface area contributed by atoms with Crippen LogP contribution in [0.2, 0.25) is 0 Å². The van der Waals surface area contributed by atoms with E-state index in [9.17, 15) is 9.59 Å². The van der Waals surface area contributed by atoms with E-state index in [2.05, 4.69) is 31.0 Å². The molecule has 0 saturated heterocycles. The average Bonchev–Trinajstić information content (AvgIpc) is 2.77. The Bertz CT molecular complexity index is 641. The average molecular weight is 300 g/mol. The van der Waals surface area contributed by atoms with Crippen molar-refractivity contribution >= 4 is 15.9 Å². The molecule has 0 radical (unpaired) electrons. The van der Waals surface area contributed by atoms with Crippen molar-refractivity contribution < 1.29 is 0 Å². The minimum absolute atomic E-state index is 0.0987. The largest absolute Gasteiger partial charge is 0.328 e. The quantitative estimate of drug-likeness (QED) is 0.862. The molecule has 0 bridgehead atoms. The fourth-order valence-corrected chi connectivity index (χ4v) is 1.77. The van der Waals surface area contributed by atoms with E-state index in [1.807, 2.05) is 6.92 Å². The second kappa shape index (κ2) is 4.66. The Labute approximate surface area is 104 Å². The maximum Gasteiger partial charge on any atom is 0.328 e. The van der Waals surface area contributed by atoms with Crippen molar-refractivity contribution in [2.45, 2.75) is 20.0 Å². The van der Waals surface area contributed by atoms with E-state index in [1.165, 1.54) is 12.5 Å². The van der Waals surface area contributed by atoms with Gasteiger partial charge in [-0.1, -0.05) is 0 Å². The zero-order valence-corrected chi connectivity index (χ0v) is 10.6. The molecule has 0 aliphatic rings. The van der Waals surface area contributed by atoms with Gasteiger partial charge in [0.2, 0.25) is 0 Å². The maximum absolute atomic E-state index is 11.8. The number of hydrogen-bond donors (Lipinski definition) is 1. The molecule has 0 saturated carbocycles. The third-order valence-electron chi connectivity index (χ3n) is 2.31. The smallest absolute Gasteiger partial charge is 0.313 e. The predicted molar refractivity (Wildman–Crippen MR) is 63.8 cm³/mol. The van der Waals surface area contributed by atoms with Crippen LogP contribution < -0.4 is 11.2 Å². The van der Waals surface area contributed by atoms with Crippen LogP contribution in [0.5, 0.6) is 0 Å². The molecule has 0 aromatic carbocycles. The van der Waals surface area contributed by atoms with Gasteiger partial charge < -0.3 is 4.98 Å². The fraction of sp³-hybridized carbons (Fsp3) is 0.333. The van der Waals surface area contributed by atoms with Crippen LogP contribution in [-0.2, 0) is 13.1 Å². The summed E-state index contributed by atoms with van der Waals surface area (Å²) in [4.78, 5) is 29.8. The van der Waals surface area contributed by atoms with E-state index >= 15 is 0 Å². The highest BCUT2D eigenvalue weighted by atomic mass is 79.9. The van der Waals surface area contributed by atoms with E-state index in [-0.39, 0.29) is 12.1 Å². The number of nitrogens with one attached hydrogen (secondary N) is 1. The number of rotatable bonds is 3. The second-order valence-corrected chi connectivity index (χ2v) is 4.18. The third kappa shape index (κ3) is 2.21. The number of halogens is 1. The van der Waals surface area contributed by atoms with E-state index in [0.717, 1.165) is 4.57 Å². The zero-order valence-electron chi connectivity index (χ0n) is 9.05. The lowest BCUT2D eigenvalue weighted by Crippen LogP contribution is -2.36. The highest BCUT2D eigenvalue weighted by Gasteiger charge is 2.09. The SMILES string of the molecule is CCn1ncnc1Cn1c(=O)[nH]cc(Br)c1=O. The Morgan fingerprint density at radius 3 is 2.94 bits per heavy atom. The molecule has 2 heterocycles. The molecule has 2 aromatic rings. The van der Waals surface area contributed by atoms with Gasteiger partial charge in [0.05, 0.1) is 11.0 Å². The van der Waals surface area contributed by atoms with Crippen molar-refractivity contribution in [1.29, 1.82) is 0 Å². The number of H-pyrrole nitrogens is 1. The standard InChI is InChI=1S/C9H10BrN5O2/c1-2-15-7(12-5-13-15)4-14-8(16)6(10)3-11-9(14)17/h3,5H,2,4H2,1H3,(H,11,17). The van der Waals surface area contributed by atoms with Crippen molar-refractivity contribution in [3.05, 3.63) is 43.7 Å². The highest BCUT2D eigenvalue weighted by Crippen LogP contribution is 1.99. The van der Waals surface area contributed by atoms with Gasteiger partial charge in [0, 0.05) is 12.7 Å². The summed E-state index contributed by atoms with van der Waals surface area (Å²) in [6.07, 6.45) is 2.72. The maximum atomic E-state index is 11.8. The molecular formula is C9H10BrN5O2. The minimum atomic E-state index is -0.469. The van der Waals surface area contributed by atoms with Gasteiger partial charge in [-0.3, -0.25) is 9.36 Å². The van der Waals surface area contributed by atoms with Crippen molar-refractivity contribution in [2.24, 2.45) is 0 Å². The number of hydrogen-bond acceptors (Lipinski definition) is 4. The summed E-state index contributed by atoms with van der Waals surface area (Å²) < 4.78 is 3.01. The number of aryl methyl sites for hydroxylation is 1. The van der Waals surface area contributed by atoms with Crippen LogP contribution in [0.3, 0.4) is 0 Å². The van der Waals surface area contributed by atoms with Crippen LogP contribution in [0, 0.1) is 0 Å². The first-order valence-corrected chi connectivity index (χ1v) is 5.77. The second-order valence-electron chi connectivity index (χ2n) is 3.33. The van der Waals surface area contributed by atoms with Crippen LogP contribution in [0.15, 0.2) is 26.6 Å². The number of aromatic amines is 1. The lowest BCUT2D eigenvalue weighted by Gasteiger charge is -2.05. The Hall–Kier alpha value is -1.70. The lowest BCUT2D eigenvalue weighted by atomic mass is 10.5. The molecule has 0 spiro atoms. The van der Waals surface area contributed by atoms with E-state index < -0.39 is 5.69 Å². The molecule has 1 N–H and O–H groups in total. The summed E-state index contributed by atoms with van der Waals surface area (Å²) in [5.74, 6) is 0.568.